The zero-order valence-electron chi connectivity index (χ0n) is 7.09. The van der Waals surface area contributed by atoms with Gasteiger partial charge >= 0.3 is 82.0 Å². The van der Waals surface area contributed by atoms with Gasteiger partial charge in [0.1, 0.15) is 0 Å². The van der Waals surface area contributed by atoms with Crippen LogP contribution in [0.5, 0.6) is 0 Å². The number of rotatable bonds is 1. The third-order valence-electron chi connectivity index (χ3n) is 1.25. The molecule has 0 amide bonds. The van der Waals surface area contributed by atoms with Crippen molar-refractivity contribution in [3.05, 3.63) is 35.9 Å². The second-order valence-electron chi connectivity index (χ2n) is 1.84. The minimum absolute atomic E-state index is 1.14. The first-order valence-corrected chi connectivity index (χ1v) is 3.97. The monoisotopic (exact) mass is 120 g/mol. The van der Waals surface area contributed by atoms with Crippen molar-refractivity contribution in [1.29, 1.82) is 0 Å². The van der Waals surface area contributed by atoms with Gasteiger partial charge in [-0.25, -0.2) is 0 Å². The van der Waals surface area contributed by atoms with Gasteiger partial charge in [0.25, 0.3) is 0 Å². The summed E-state index contributed by atoms with van der Waals surface area (Å²) in [5, 5.41) is 1.14. The third kappa shape index (κ3) is 4.27. The van der Waals surface area contributed by atoms with Crippen LogP contribution >= 0.6 is 0 Å². The molecule has 0 N–H and O–H groups in total. The Morgan fingerprint density at radius 2 is 1.60 bits per heavy atom. The summed E-state index contributed by atoms with van der Waals surface area (Å²) in [6.45, 7) is 0. The molecule has 0 aliphatic heterocycles. The van der Waals surface area contributed by atoms with Gasteiger partial charge in [-0.3, -0.25) is 0 Å². The Morgan fingerprint density at radius 3 is 1.90 bits per heavy atom. The molecule has 0 spiro atoms. The Hall–Kier alpha value is 0.415. The maximum atomic E-state index is 2.16. The fraction of sp³-hybridized carbons (Fsp3) is 0.250. The van der Waals surface area contributed by atoms with Crippen LogP contribution in [0.1, 0.15) is 5.56 Å². The number of hydrogen-bond donors (Lipinski definition) is 0. The van der Waals surface area contributed by atoms with E-state index in [2.05, 4.69) is 42.0 Å². The van der Waals surface area contributed by atoms with E-state index in [0.29, 0.717) is 0 Å². The van der Waals surface area contributed by atoms with Crippen molar-refractivity contribution in [2.24, 2.45) is 0 Å². The summed E-state index contributed by atoms with van der Waals surface area (Å²) < 4.78 is 0. The minimum atomic E-state index is 1.14. The molecule has 0 unspecified atom stereocenters. The molecule has 2 heteroatoms. The van der Waals surface area contributed by atoms with Crippen molar-refractivity contribution < 1.29 is 0 Å². The molecule has 0 fully saturated rings. The van der Waals surface area contributed by atoms with Gasteiger partial charge < -0.3 is 0 Å². The average Bonchev–Trinajstić information content (AvgIpc) is 2.10. The predicted molar refractivity (Wildman–Crippen MR) is 47.5 cm³/mol. The molecule has 10 heavy (non-hydrogen) atoms. The number of benzene rings is 1. The van der Waals surface area contributed by atoms with Crippen LogP contribution in [0.15, 0.2) is 30.3 Å². The first-order valence-electron chi connectivity index (χ1n) is 3.97. The molecular formula is C8H10Li2. The first-order chi connectivity index (χ1) is 4.93. The van der Waals surface area contributed by atoms with Crippen molar-refractivity contribution in [3.8, 4) is 0 Å². The molecule has 0 aliphatic carbocycles. The van der Waals surface area contributed by atoms with Crippen LogP contribution in [0, 0.1) is 0 Å². The van der Waals surface area contributed by atoms with Gasteiger partial charge in [0, 0.05) is 0 Å². The maximum absolute atomic E-state index is 2.16. The van der Waals surface area contributed by atoms with Crippen LogP contribution in [-0.4, -0.2) is 35.4 Å². The standard InChI is InChI=1S/C7H7.CH3.2Li/c1-7-5-3-2-4-6-7;;;/h2-6H,1H2;1H3;;. The van der Waals surface area contributed by atoms with Crippen LogP contribution in [0.3, 0.4) is 0 Å². The summed E-state index contributed by atoms with van der Waals surface area (Å²) in [5.74, 6) is 0. The van der Waals surface area contributed by atoms with Crippen LogP contribution in [0.4, 0.5) is 0 Å². The molecule has 0 radical (unpaired) electrons. The van der Waals surface area contributed by atoms with Gasteiger partial charge in [0.2, 0.25) is 0 Å². The molecule has 44 valence electrons. The summed E-state index contributed by atoms with van der Waals surface area (Å²) in [6, 6.07) is 10.5. The molecule has 1 rings (SSSR count). The van der Waals surface area contributed by atoms with E-state index in [9.17, 15) is 0 Å². The molecule has 0 heterocycles. The second kappa shape index (κ2) is 7.52. The molecule has 1 aromatic carbocycles. The van der Waals surface area contributed by atoms with E-state index in [4.69, 9.17) is 0 Å². The molecule has 0 nitrogen and oxygen atoms in total. The zero-order valence-corrected chi connectivity index (χ0v) is 7.09. The van der Waals surface area contributed by atoms with E-state index in [0.717, 1.165) is 5.09 Å². The van der Waals surface area contributed by atoms with Gasteiger partial charge in [0.05, 0.1) is 0 Å². The summed E-state index contributed by atoms with van der Waals surface area (Å²) in [4.78, 5) is 0. The van der Waals surface area contributed by atoms with Crippen LogP contribution in [0.2, 0.25) is 5.60 Å². The average molecular weight is 120 g/mol. The predicted octanol–water partition coefficient (Wildman–Crippen LogP) is 1.56. The Labute approximate surface area is 81.8 Å². The molecule has 0 atom stereocenters. The molecule has 0 saturated carbocycles. The van der Waals surface area contributed by atoms with E-state index in [1.807, 2.05) is 29.4 Å². The second-order valence-corrected chi connectivity index (χ2v) is 1.84. The van der Waals surface area contributed by atoms with Gasteiger partial charge in [-0.2, -0.15) is 0 Å². The van der Waals surface area contributed by atoms with E-state index < -0.39 is 0 Å². The van der Waals surface area contributed by atoms with Crippen molar-refractivity contribution in [2.45, 2.75) is 10.7 Å². The summed E-state index contributed by atoms with van der Waals surface area (Å²) in [7, 11) is 0. The summed E-state index contributed by atoms with van der Waals surface area (Å²) in [6.07, 6.45) is 0. The van der Waals surface area contributed by atoms with E-state index in [1.54, 1.807) is 0 Å². The summed E-state index contributed by atoms with van der Waals surface area (Å²) in [5.41, 5.74) is 3.41. The SMILES string of the molecule is [Li][CH2]c1ccccc1.[Li][CH3]. The van der Waals surface area contributed by atoms with Crippen LogP contribution in [0.25, 0.3) is 0 Å². The van der Waals surface area contributed by atoms with Gasteiger partial charge in [-0.1, -0.05) is 0 Å². The Balaban J connectivity index is 0.000000371. The van der Waals surface area contributed by atoms with Crippen molar-refractivity contribution >= 4 is 35.4 Å². The molecule has 0 aliphatic rings. The van der Waals surface area contributed by atoms with Gasteiger partial charge in [-0.05, 0) is 0 Å². The molecule has 0 bridgehead atoms. The quantitative estimate of drug-likeness (QED) is 0.493. The topological polar surface area (TPSA) is 0 Å². The van der Waals surface area contributed by atoms with Crippen molar-refractivity contribution in [1.82, 2.24) is 0 Å². The first kappa shape index (κ1) is 10.4. The number of hydrogen-bond acceptors (Lipinski definition) is 0. The fourth-order valence-electron chi connectivity index (χ4n) is 0.714. The van der Waals surface area contributed by atoms with E-state index >= 15 is 0 Å². The molecule has 1 aromatic rings. The van der Waals surface area contributed by atoms with E-state index in [-0.39, 0.29) is 0 Å². The van der Waals surface area contributed by atoms with Crippen LogP contribution in [-0.2, 0) is 5.09 Å². The zero-order chi connectivity index (χ0) is 7.82. The fourth-order valence-corrected chi connectivity index (χ4v) is 0.714. The molecule has 0 saturated heterocycles. The van der Waals surface area contributed by atoms with Crippen molar-refractivity contribution in [2.75, 3.05) is 0 Å². The Kier molecular flexibility index (Phi) is 7.83. The van der Waals surface area contributed by atoms with Gasteiger partial charge in [-0.15, -0.1) is 0 Å². The third-order valence-corrected chi connectivity index (χ3v) is 1.25. The molecule has 0 aromatic heterocycles. The van der Waals surface area contributed by atoms with Crippen LogP contribution < -0.4 is 0 Å². The van der Waals surface area contributed by atoms with Crippen molar-refractivity contribution in [3.63, 3.8) is 0 Å². The Morgan fingerprint density at radius 1 is 1.10 bits per heavy atom. The van der Waals surface area contributed by atoms with E-state index in [1.165, 1.54) is 5.56 Å². The molecular weight excluding hydrogens is 110 g/mol. The summed E-state index contributed by atoms with van der Waals surface area (Å²) >= 11 is 4.16. The Bertz CT molecular complexity index is 149. The normalized spacial score (nSPS) is 8.10. The van der Waals surface area contributed by atoms with Gasteiger partial charge in [0.15, 0.2) is 0 Å².